The van der Waals surface area contributed by atoms with Gasteiger partial charge in [-0.1, -0.05) is 83.1 Å². The lowest BCUT2D eigenvalue weighted by molar-refractivity contribution is 0.0678. The highest BCUT2D eigenvalue weighted by molar-refractivity contribution is 5.84. The molecule has 0 aromatic rings. The Morgan fingerprint density at radius 2 is 1.14 bits per heavy atom. The fourth-order valence-electron chi connectivity index (χ4n) is 2.76. The van der Waals surface area contributed by atoms with Crippen LogP contribution in [-0.4, -0.2) is 12.0 Å². The van der Waals surface area contributed by atoms with Crippen molar-refractivity contribution in [2.75, 3.05) is 0 Å². The molecule has 2 heteroatoms. The first-order chi connectivity index (χ1) is 9.45. The monoisotopic (exact) mass is 307 g/mol. The van der Waals surface area contributed by atoms with E-state index in [1.54, 1.807) is 0 Å². The van der Waals surface area contributed by atoms with Crippen molar-refractivity contribution in [1.82, 2.24) is 0 Å². The number of hydrogen-bond donors (Lipinski definition) is 0. The molecule has 0 aliphatic carbocycles. The molecule has 0 N–H and O–H groups in total. The van der Waals surface area contributed by atoms with Gasteiger partial charge in [0.2, 0.25) is 0 Å². The summed E-state index contributed by atoms with van der Waals surface area (Å²) in [5.41, 5.74) is 2.55. The summed E-state index contributed by atoms with van der Waals surface area (Å²) in [6.45, 7) is 26.9. The number of ether oxygens (including phenoxy) is 1. The van der Waals surface area contributed by atoms with Gasteiger partial charge in [-0.15, -0.1) is 0 Å². The van der Waals surface area contributed by atoms with Gasteiger partial charge in [-0.05, 0) is 11.0 Å². The van der Waals surface area contributed by atoms with Gasteiger partial charge in [0, 0.05) is 16.2 Å². The van der Waals surface area contributed by atoms with Crippen molar-refractivity contribution in [3.63, 3.8) is 0 Å². The molecule has 0 aromatic heterocycles. The molecular weight excluding hydrogens is 270 g/mol. The number of nitrogens with zero attached hydrogens (tertiary/aromatic N) is 1. The molecule has 0 saturated carbocycles. The zero-order valence-electron chi connectivity index (χ0n) is 16.9. The smallest absolute Gasteiger partial charge is 0.194 e. The Kier molecular flexibility index (Phi) is 4.71. The fourth-order valence-corrected chi connectivity index (χ4v) is 2.76. The van der Waals surface area contributed by atoms with Crippen LogP contribution in [0.4, 0.5) is 0 Å². The molecule has 22 heavy (non-hydrogen) atoms. The molecular formula is C20H37NO. The van der Waals surface area contributed by atoms with E-state index in [-0.39, 0.29) is 27.8 Å². The molecule has 128 valence electrons. The summed E-state index contributed by atoms with van der Waals surface area (Å²) in [7, 11) is 0. The van der Waals surface area contributed by atoms with E-state index >= 15 is 0 Å². The van der Waals surface area contributed by atoms with E-state index in [2.05, 4.69) is 83.1 Å². The SMILES string of the molecule is CC(C)(C)C1=NC(C(C)(C)C)=C(C(C)(C)C)C(C(C)(C)C)O1. The zero-order chi connectivity index (χ0) is 17.7. The molecule has 1 atom stereocenters. The Bertz CT molecular complexity index is 482. The van der Waals surface area contributed by atoms with Crippen molar-refractivity contribution in [3.05, 3.63) is 11.3 Å². The third-order valence-electron chi connectivity index (χ3n) is 3.91. The molecule has 0 spiro atoms. The van der Waals surface area contributed by atoms with E-state index in [9.17, 15) is 0 Å². The topological polar surface area (TPSA) is 21.6 Å². The summed E-state index contributed by atoms with van der Waals surface area (Å²) >= 11 is 0. The van der Waals surface area contributed by atoms with Crippen LogP contribution in [0.1, 0.15) is 83.1 Å². The van der Waals surface area contributed by atoms with E-state index in [1.165, 1.54) is 11.3 Å². The van der Waals surface area contributed by atoms with Gasteiger partial charge in [0.05, 0.1) is 5.70 Å². The van der Waals surface area contributed by atoms with Gasteiger partial charge in [0.1, 0.15) is 6.10 Å². The summed E-state index contributed by atoms with van der Waals surface area (Å²) in [6.07, 6.45) is 0.0634. The lowest BCUT2D eigenvalue weighted by atomic mass is 9.69. The first kappa shape index (κ1) is 19.3. The number of rotatable bonds is 0. The zero-order valence-corrected chi connectivity index (χ0v) is 16.9. The van der Waals surface area contributed by atoms with Gasteiger partial charge in [-0.2, -0.15) is 0 Å². The van der Waals surface area contributed by atoms with Crippen molar-refractivity contribution in [2.24, 2.45) is 26.7 Å². The normalized spacial score (nSPS) is 21.6. The van der Waals surface area contributed by atoms with E-state index in [0.29, 0.717) is 0 Å². The van der Waals surface area contributed by atoms with Crippen molar-refractivity contribution in [1.29, 1.82) is 0 Å². The van der Waals surface area contributed by atoms with Crippen LogP contribution in [-0.2, 0) is 4.74 Å². The van der Waals surface area contributed by atoms with Gasteiger partial charge in [0.15, 0.2) is 5.90 Å². The summed E-state index contributed by atoms with van der Waals surface area (Å²) in [5.74, 6) is 0.866. The van der Waals surface area contributed by atoms with Crippen LogP contribution in [0.2, 0.25) is 0 Å². The second-order valence-electron chi connectivity index (χ2n) is 10.8. The summed E-state index contributed by atoms with van der Waals surface area (Å²) in [5, 5.41) is 0. The molecule has 1 unspecified atom stereocenters. The lowest BCUT2D eigenvalue weighted by Gasteiger charge is -2.45. The summed E-state index contributed by atoms with van der Waals surface area (Å²) in [6, 6.07) is 0. The average Bonchev–Trinajstić information content (AvgIpc) is 2.22. The van der Waals surface area contributed by atoms with E-state index in [1.807, 2.05) is 0 Å². The molecule has 0 aromatic carbocycles. The maximum Gasteiger partial charge on any atom is 0.194 e. The molecule has 2 nitrogen and oxygen atoms in total. The molecule has 0 saturated heterocycles. The van der Waals surface area contributed by atoms with Crippen LogP contribution in [0.3, 0.4) is 0 Å². The minimum Gasteiger partial charge on any atom is -0.472 e. The van der Waals surface area contributed by atoms with Crippen LogP contribution in [0.5, 0.6) is 0 Å². The molecule has 0 amide bonds. The van der Waals surface area contributed by atoms with Gasteiger partial charge >= 0.3 is 0 Å². The third-order valence-corrected chi connectivity index (χ3v) is 3.91. The van der Waals surface area contributed by atoms with Gasteiger partial charge < -0.3 is 4.74 Å². The van der Waals surface area contributed by atoms with Crippen molar-refractivity contribution in [3.8, 4) is 0 Å². The molecule has 1 rings (SSSR count). The number of hydrogen-bond acceptors (Lipinski definition) is 2. The quantitative estimate of drug-likeness (QED) is 0.520. The second-order valence-corrected chi connectivity index (χ2v) is 10.8. The van der Waals surface area contributed by atoms with E-state index < -0.39 is 0 Å². The van der Waals surface area contributed by atoms with Crippen molar-refractivity contribution in [2.45, 2.75) is 89.2 Å². The first-order valence-electron chi connectivity index (χ1n) is 8.46. The molecule has 1 aliphatic heterocycles. The van der Waals surface area contributed by atoms with Crippen molar-refractivity contribution < 1.29 is 4.74 Å². The number of allylic oxidation sites excluding steroid dienone is 1. The molecule has 0 fully saturated rings. The highest BCUT2D eigenvalue weighted by Crippen LogP contribution is 2.47. The Hall–Kier alpha value is -0.790. The highest BCUT2D eigenvalue weighted by atomic mass is 16.5. The minimum absolute atomic E-state index is 0.00634. The van der Waals surface area contributed by atoms with Gasteiger partial charge in [-0.3, -0.25) is 0 Å². The second kappa shape index (κ2) is 5.39. The Morgan fingerprint density at radius 1 is 0.682 bits per heavy atom. The maximum absolute atomic E-state index is 6.47. The maximum atomic E-state index is 6.47. The van der Waals surface area contributed by atoms with Gasteiger partial charge in [-0.25, -0.2) is 4.99 Å². The third kappa shape index (κ3) is 4.14. The summed E-state index contributed by atoms with van der Waals surface area (Å²) < 4.78 is 6.47. The molecule has 0 radical (unpaired) electrons. The molecule has 1 heterocycles. The van der Waals surface area contributed by atoms with Crippen LogP contribution in [0.15, 0.2) is 16.3 Å². The Morgan fingerprint density at radius 3 is 1.41 bits per heavy atom. The van der Waals surface area contributed by atoms with E-state index in [4.69, 9.17) is 9.73 Å². The Balaban J connectivity index is 3.71. The van der Waals surface area contributed by atoms with Gasteiger partial charge in [0.25, 0.3) is 0 Å². The molecule has 1 aliphatic rings. The van der Waals surface area contributed by atoms with Crippen LogP contribution in [0.25, 0.3) is 0 Å². The fraction of sp³-hybridized carbons (Fsp3) is 0.850. The minimum atomic E-state index is -0.0799. The predicted octanol–water partition coefficient (Wildman–Crippen LogP) is 6.22. The summed E-state index contributed by atoms with van der Waals surface area (Å²) in [4.78, 5) is 5.01. The first-order valence-corrected chi connectivity index (χ1v) is 8.46. The standard InChI is InChI=1S/C20H37NO/c1-17(2,3)13-14(18(4,5)6)21-16(20(10,11)12)22-15(13)19(7,8)9/h15H,1-12H3. The predicted molar refractivity (Wildman–Crippen MR) is 97.2 cm³/mol. The average molecular weight is 308 g/mol. The van der Waals surface area contributed by atoms with Crippen LogP contribution >= 0.6 is 0 Å². The number of aliphatic imine (C=N–C) groups is 1. The Labute approximate surface area is 138 Å². The lowest BCUT2D eigenvalue weighted by Crippen LogP contribution is -2.44. The van der Waals surface area contributed by atoms with E-state index in [0.717, 1.165) is 5.90 Å². The van der Waals surface area contributed by atoms with Crippen LogP contribution < -0.4 is 0 Å². The largest absolute Gasteiger partial charge is 0.472 e. The van der Waals surface area contributed by atoms with Crippen LogP contribution in [0, 0.1) is 21.7 Å². The highest BCUT2D eigenvalue weighted by Gasteiger charge is 2.44. The van der Waals surface area contributed by atoms with Crippen molar-refractivity contribution >= 4 is 5.90 Å². The molecule has 0 bridgehead atoms.